The number of amides is 1. The summed E-state index contributed by atoms with van der Waals surface area (Å²) >= 11 is 0. The number of methoxy groups -OCH3 is 1. The Balaban J connectivity index is 1.63. The molecule has 2 atom stereocenters. The number of carbonyl (C=O) groups is 1. The van der Waals surface area contributed by atoms with Gasteiger partial charge in [0.15, 0.2) is 0 Å². The Morgan fingerprint density at radius 2 is 1.95 bits per heavy atom. The first kappa shape index (κ1) is 26.6. The highest BCUT2D eigenvalue weighted by atomic mass is 19.1. The second kappa shape index (κ2) is 10.6. The molecule has 1 N–H and O–H groups in total. The smallest absolute Gasteiger partial charge is 0.250 e. The number of aliphatic imine (C=N–C) groups is 1. The molecule has 0 spiro atoms. The Morgan fingerprint density at radius 3 is 2.67 bits per heavy atom. The average molecular weight is 535 g/mol. The summed E-state index contributed by atoms with van der Waals surface area (Å²) in [5.74, 6) is -0.962. The molecule has 3 aromatic carbocycles. The summed E-state index contributed by atoms with van der Waals surface area (Å²) in [6, 6.07) is 11.0. The van der Waals surface area contributed by atoms with Crippen LogP contribution >= 0.6 is 0 Å². The number of fused-ring (bicyclic) bond motifs is 1. The normalized spacial score (nSPS) is 18.8. The van der Waals surface area contributed by atoms with Crippen LogP contribution in [0.4, 0.5) is 20.2 Å². The highest BCUT2D eigenvalue weighted by Crippen LogP contribution is 2.42. The minimum Gasteiger partial charge on any atom is -0.508 e. The first-order valence-corrected chi connectivity index (χ1v) is 12.9. The molecule has 2 heterocycles. The van der Waals surface area contributed by atoms with E-state index < -0.39 is 17.7 Å². The maximum atomic E-state index is 14.9. The number of likely N-dealkylation sites (tertiary alicyclic amines) is 1. The van der Waals surface area contributed by atoms with Crippen LogP contribution in [-0.4, -0.2) is 67.5 Å². The van der Waals surface area contributed by atoms with Crippen LogP contribution in [-0.2, 0) is 4.79 Å². The summed E-state index contributed by atoms with van der Waals surface area (Å²) in [6.07, 6.45) is 3.61. The molecular formula is C30H32F2N4O3. The molecule has 1 fully saturated rings. The summed E-state index contributed by atoms with van der Waals surface area (Å²) in [7, 11) is 5.28. The van der Waals surface area contributed by atoms with Gasteiger partial charge in [-0.25, -0.2) is 13.8 Å². The third-order valence-corrected chi connectivity index (χ3v) is 7.66. The monoisotopic (exact) mass is 534 g/mol. The van der Waals surface area contributed by atoms with Crippen molar-refractivity contribution in [3.8, 4) is 22.6 Å². The standard InChI is InChI=1S/C30H32F2N4O3/c1-18-10-28-26(15-24(18)25-14-22(37)7-8-27(25)32)29(30(38)35(3)16-20-6-5-9-34(20)2)36(17-33-28)21-11-19(31)12-23(13-21)39-4/h7-8,10-15,17,20,29,37H,5-6,9,16H2,1-4H3/t20-,29?/m0/s1. The fraction of sp³-hybridized carbons (Fsp3) is 0.333. The van der Waals surface area contributed by atoms with E-state index in [1.807, 2.05) is 6.92 Å². The molecule has 39 heavy (non-hydrogen) atoms. The molecule has 0 bridgehead atoms. The number of anilines is 1. The van der Waals surface area contributed by atoms with Gasteiger partial charge in [0.25, 0.3) is 0 Å². The Kier molecular flexibility index (Phi) is 7.27. The lowest BCUT2D eigenvalue weighted by Gasteiger charge is -2.37. The van der Waals surface area contributed by atoms with E-state index in [1.54, 1.807) is 35.0 Å². The second-order valence-electron chi connectivity index (χ2n) is 10.3. The number of rotatable bonds is 6. The third-order valence-electron chi connectivity index (χ3n) is 7.66. The summed E-state index contributed by atoms with van der Waals surface area (Å²) in [4.78, 5) is 24.4. The van der Waals surface area contributed by atoms with E-state index >= 15 is 0 Å². The van der Waals surface area contributed by atoms with E-state index in [9.17, 15) is 18.7 Å². The number of hydrogen-bond acceptors (Lipinski definition) is 6. The summed E-state index contributed by atoms with van der Waals surface area (Å²) in [5.41, 5.74) is 3.02. The highest BCUT2D eigenvalue weighted by Gasteiger charge is 2.36. The molecule has 2 aliphatic heterocycles. The molecule has 0 aliphatic carbocycles. The van der Waals surface area contributed by atoms with Crippen molar-refractivity contribution in [2.24, 2.45) is 4.99 Å². The Hall–Kier alpha value is -3.98. The Morgan fingerprint density at radius 1 is 1.15 bits per heavy atom. The molecule has 0 radical (unpaired) electrons. The SMILES string of the molecule is COc1cc(F)cc(N2C=Nc3cc(C)c(-c4cc(O)ccc4F)cc3C2C(=O)N(C)C[C@@H]2CCCN2C)c1. The van der Waals surface area contributed by atoms with Crippen LogP contribution in [0.25, 0.3) is 11.1 Å². The van der Waals surface area contributed by atoms with E-state index in [0.717, 1.165) is 24.9 Å². The average Bonchev–Trinajstić information content (AvgIpc) is 3.32. The van der Waals surface area contributed by atoms with Gasteiger partial charge in [-0.3, -0.25) is 4.79 Å². The Labute approximate surface area is 226 Å². The minimum absolute atomic E-state index is 0.0666. The molecule has 9 heteroatoms. The fourth-order valence-corrected chi connectivity index (χ4v) is 5.50. The van der Waals surface area contributed by atoms with Crippen molar-refractivity contribution in [1.29, 1.82) is 0 Å². The van der Waals surface area contributed by atoms with Gasteiger partial charge in [-0.1, -0.05) is 0 Å². The predicted octanol–water partition coefficient (Wildman–Crippen LogP) is 5.43. The minimum atomic E-state index is -0.888. The molecule has 204 valence electrons. The van der Waals surface area contributed by atoms with Crippen molar-refractivity contribution in [1.82, 2.24) is 9.80 Å². The van der Waals surface area contributed by atoms with Crippen LogP contribution in [0.3, 0.4) is 0 Å². The van der Waals surface area contributed by atoms with Gasteiger partial charge in [-0.05, 0) is 80.9 Å². The van der Waals surface area contributed by atoms with Gasteiger partial charge in [0, 0.05) is 48.6 Å². The molecule has 1 amide bonds. The molecular weight excluding hydrogens is 502 g/mol. The zero-order chi connectivity index (χ0) is 27.8. The van der Waals surface area contributed by atoms with Crippen LogP contribution in [0.5, 0.6) is 11.5 Å². The third kappa shape index (κ3) is 5.18. The molecule has 2 aliphatic rings. The van der Waals surface area contributed by atoms with Gasteiger partial charge >= 0.3 is 0 Å². The molecule has 7 nitrogen and oxygen atoms in total. The number of phenolic OH excluding ortho intramolecular Hbond substituents is 1. The largest absolute Gasteiger partial charge is 0.508 e. The maximum Gasteiger partial charge on any atom is 0.250 e. The number of halogens is 2. The van der Waals surface area contributed by atoms with Gasteiger partial charge in [0.2, 0.25) is 5.91 Å². The Bertz CT molecular complexity index is 1440. The van der Waals surface area contributed by atoms with Crippen LogP contribution < -0.4 is 9.64 Å². The summed E-state index contributed by atoms with van der Waals surface area (Å²) in [6.45, 7) is 3.36. The van der Waals surface area contributed by atoms with Crippen LogP contribution in [0.2, 0.25) is 0 Å². The number of aromatic hydroxyl groups is 1. The van der Waals surface area contributed by atoms with Crippen LogP contribution in [0.1, 0.15) is 30.0 Å². The number of carbonyl (C=O) groups excluding carboxylic acids is 1. The van der Waals surface area contributed by atoms with E-state index in [4.69, 9.17) is 4.74 Å². The van der Waals surface area contributed by atoms with E-state index in [2.05, 4.69) is 16.9 Å². The zero-order valence-corrected chi connectivity index (χ0v) is 22.5. The number of benzene rings is 3. The van der Waals surface area contributed by atoms with Crippen molar-refractivity contribution in [2.45, 2.75) is 31.8 Å². The number of likely N-dealkylation sites (N-methyl/N-ethyl adjacent to an activating group) is 2. The molecule has 0 saturated carbocycles. The lowest BCUT2D eigenvalue weighted by molar-refractivity contribution is -0.131. The topological polar surface area (TPSA) is 68.6 Å². The summed E-state index contributed by atoms with van der Waals surface area (Å²) in [5, 5.41) is 10.1. The van der Waals surface area contributed by atoms with Crippen LogP contribution in [0, 0.1) is 18.6 Å². The van der Waals surface area contributed by atoms with Gasteiger partial charge < -0.3 is 24.5 Å². The first-order valence-electron chi connectivity index (χ1n) is 12.9. The molecule has 1 saturated heterocycles. The van der Waals surface area contributed by atoms with Crippen molar-refractivity contribution in [3.05, 3.63) is 71.3 Å². The van der Waals surface area contributed by atoms with Crippen molar-refractivity contribution < 1.29 is 23.4 Å². The van der Waals surface area contributed by atoms with Gasteiger partial charge in [0.1, 0.15) is 29.2 Å². The summed E-state index contributed by atoms with van der Waals surface area (Å²) < 4.78 is 34.7. The highest BCUT2D eigenvalue weighted by molar-refractivity contribution is 5.99. The molecule has 5 rings (SSSR count). The predicted molar refractivity (Wildman–Crippen MR) is 148 cm³/mol. The van der Waals surface area contributed by atoms with Gasteiger partial charge in [0.05, 0.1) is 19.1 Å². The zero-order valence-electron chi connectivity index (χ0n) is 22.5. The van der Waals surface area contributed by atoms with E-state index in [0.29, 0.717) is 34.8 Å². The molecule has 3 aromatic rings. The number of ether oxygens (including phenoxy) is 1. The molecule has 1 unspecified atom stereocenters. The quantitative estimate of drug-likeness (QED) is 0.457. The van der Waals surface area contributed by atoms with Gasteiger partial charge in [-0.2, -0.15) is 0 Å². The number of aryl methyl sites for hydroxylation is 1. The van der Waals surface area contributed by atoms with Crippen molar-refractivity contribution in [2.75, 3.05) is 39.2 Å². The number of hydrogen-bond donors (Lipinski definition) is 1. The molecule has 0 aromatic heterocycles. The number of nitrogens with zero attached hydrogens (tertiary/aromatic N) is 4. The van der Waals surface area contributed by atoms with Gasteiger partial charge in [-0.15, -0.1) is 0 Å². The van der Waals surface area contributed by atoms with E-state index in [-0.39, 0.29) is 23.3 Å². The number of phenols is 1. The lowest BCUT2D eigenvalue weighted by atomic mass is 9.91. The first-order chi connectivity index (χ1) is 18.7. The van der Waals surface area contributed by atoms with Crippen molar-refractivity contribution >= 4 is 23.6 Å². The van der Waals surface area contributed by atoms with Crippen molar-refractivity contribution in [3.63, 3.8) is 0 Å². The van der Waals surface area contributed by atoms with Crippen LogP contribution in [0.15, 0.2) is 53.5 Å². The lowest BCUT2D eigenvalue weighted by Crippen LogP contribution is -2.46. The second-order valence-corrected chi connectivity index (χ2v) is 10.3. The maximum absolute atomic E-state index is 14.9. The fourth-order valence-electron chi connectivity index (χ4n) is 5.50. The van der Waals surface area contributed by atoms with E-state index in [1.165, 1.54) is 43.8 Å².